The van der Waals surface area contributed by atoms with Gasteiger partial charge >= 0.3 is 5.97 Å². The van der Waals surface area contributed by atoms with E-state index in [1.54, 1.807) is 43.7 Å². The lowest BCUT2D eigenvalue weighted by atomic mass is 9.96. The number of esters is 1. The molecule has 1 atom stereocenters. The fraction of sp³-hybridized carbons (Fsp3) is 0.208. The number of benzene rings is 2. The number of ether oxygens (including phenoxy) is 2. The van der Waals surface area contributed by atoms with E-state index >= 15 is 0 Å². The molecular formula is C24H20BrClN2O4S. The van der Waals surface area contributed by atoms with Gasteiger partial charge in [0.2, 0.25) is 0 Å². The van der Waals surface area contributed by atoms with E-state index in [1.165, 1.54) is 11.3 Å². The second-order valence-corrected chi connectivity index (χ2v) is 9.49. The number of aromatic nitrogens is 1. The molecule has 0 saturated carbocycles. The van der Waals surface area contributed by atoms with Gasteiger partial charge in [-0.1, -0.05) is 47.2 Å². The summed E-state index contributed by atoms with van der Waals surface area (Å²) in [5.41, 5.74) is 2.03. The summed E-state index contributed by atoms with van der Waals surface area (Å²) in [6, 6.07) is 12.1. The van der Waals surface area contributed by atoms with E-state index in [4.69, 9.17) is 21.1 Å². The van der Waals surface area contributed by atoms with Crippen LogP contribution in [0, 0.1) is 0 Å². The highest BCUT2D eigenvalue weighted by Gasteiger charge is 2.33. The minimum absolute atomic E-state index is 0.214. The third kappa shape index (κ3) is 4.43. The van der Waals surface area contributed by atoms with Crippen molar-refractivity contribution in [2.45, 2.75) is 19.9 Å². The van der Waals surface area contributed by atoms with Gasteiger partial charge < -0.3 is 9.47 Å². The van der Waals surface area contributed by atoms with E-state index in [9.17, 15) is 9.59 Å². The monoisotopic (exact) mass is 546 g/mol. The van der Waals surface area contributed by atoms with E-state index in [1.807, 2.05) is 30.3 Å². The maximum Gasteiger partial charge on any atom is 0.338 e. The largest absolute Gasteiger partial charge is 0.496 e. The Morgan fingerprint density at radius 2 is 2.06 bits per heavy atom. The van der Waals surface area contributed by atoms with Crippen molar-refractivity contribution in [1.82, 2.24) is 4.57 Å². The molecule has 1 aliphatic rings. The van der Waals surface area contributed by atoms with Crippen LogP contribution in [0.1, 0.15) is 31.0 Å². The summed E-state index contributed by atoms with van der Waals surface area (Å²) in [7, 11) is 1.58. The second-order valence-electron chi connectivity index (χ2n) is 7.22. The van der Waals surface area contributed by atoms with Crippen molar-refractivity contribution in [1.29, 1.82) is 0 Å². The molecule has 1 aromatic heterocycles. The quantitative estimate of drug-likeness (QED) is 0.449. The molecule has 0 unspecified atom stereocenters. The predicted octanol–water partition coefficient (Wildman–Crippen LogP) is 4.22. The molecule has 170 valence electrons. The first-order valence-corrected chi connectivity index (χ1v) is 12.1. The van der Waals surface area contributed by atoms with Crippen molar-refractivity contribution in [3.63, 3.8) is 0 Å². The van der Waals surface area contributed by atoms with Crippen LogP contribution in [-0.4, -0.2) is 24.3 Å². The van der Waals surface area contributed by atoms with Gasteiger partial charge in [-0.15, -0.1) is 0 Å². The fourth-order valence-electron chi connectivity index (χ4n) is 3.69. The van der Waals surface area contributed by atoms with Crippen LogP contribution in [0.2, 0.25) is 5.02 Å². The van der Waals surface area contributed by atoms with Crippen LogP contribution in [0.25, 0.3) is 6.08 Å². The van der Waals surface area contributed by atoms with Gasteiger partial charge in [-0.2, -0.15) is 0 Å². The van der Waals surface area contributed by atoms with E-state index in [0.717, 1.165) is 11.1 Å². The average molecular weight is 548 g/mol. The van der Waals surface area contributed by atoms with Crippen molar-refractivity contribution >= 4 is 50.9 Å². The number of allylic oxidation sites excluding steroid dienone is 1. The molecular weight excluding hydrogens is 528 g/mol. The van der Waals surface area contributed by atoms with Gasteiger partial charge in [0, 0.05) is 5.02 Å². The first-order chi connectivity index (χ1) is 15.8. The Morgan fingerprint density at radius 3 is 2.73 bits per heavy atom. The van der Waals surface area contributed by atoms with Gasteiger partial charge in [0.1, 0.15) is 5.75 Å². The highest BCUT2D eigenvalue weighted by molar-refractivity contribution is 9.10. The lowest BCUT2D eigenvalue weighted by Crippen LogP contribution is -2.40. The number of rotatable bonds is 5. The molecule has 2 aromatic carbocycles. The molecule has 0 aliphatic carbocycles. The number of fused-ring (bicyclic) bond motifs is 1. The van der Waals surface area contributed by atoms with Crippen LogP contribution in [0.15, 0.2) is 68.0 Å². The Labute approximate surface area is 207 Å². The maximum absolute atomic E-state index is 13.6. The van der Waals surface area contributed by atoms with Gasteiger partial charge in [0.05, 0.1) is 40.0 Å². The first kappa shape index (κ1) is 23.5. The molecule has 1 aliphatic heterocycles. The molecule has 0 radical (unpaired) electrons. The third-order valence-corrected chi connectivity index (χ3v) is 7.15. The van der Waals surface area contributed by atoms with Crippen molar-refractivity contribution in [2.75, 3.05) is 13.7 Å². The molecule has 6 nitrogen and oxygen atoms in total. The molecule has 9 heteroatoms. The van der Waals surface area contributed by atoms with Gasteiger partial charge in [-0.25, -0.2) is 9.79 Å². The van der Waals surface area contributed by atoms with Crippen LogP contribution in [0.5, 0.6) is 5.75 Å². The van der Waals surface area contributed by atoms with E-state index in [-0.39, 0.29) is 12.2 Å². The standard InChI is InChI=1S/C24H20BrClN2O4S/c1-4-32-23(30)20-13(2)27-24-28(21(20)15-9-10-18(31-3)16(25)11-15)22(29)19(33-24)12-14-7-5-6-8-17(14)26/h5-12,21H,4H2,1-3H3/b19-12-/t21-/m0/s1. The van der Waals surface area contributed by atoms with Crippen LogP contribution in [0.4, 0.5) is 0 Å². The van der Waals surface area contributed by atoms with Crippen molar-refractivity contribution in [3.8, 4) is 5.75 Å². The number of carbonyl (C=O) groups excluding carboxylic acids is 1. The zero-order valence-electron chi connectivity index (χ0n) is 18.1. The number of hydrogen-bond donors (Lipinski definition) is 0. The number of carbonyl (C=O) groups is 1. The number of methoxy groups -OCH3 is 1. The zero-order chi connectivity index (χ0) is 23.7. The Kier molecular flexibility index (Phi) is 6.88. The predicted molar refractivity (Wildman–Crippen MR) is 133 cm³/mol. The molecule has 0 fully saturated rings. The van der Waals surface area contributed by atoms with Gasteiger partial charge in [-0.05, 0) is 65.2 Å². The highest BCUT2D eigenvalue weighted by atomic mass is 79.9. The zero-order valence-corrected chi connectivity index (χ0v) is 21.3. The highest BCUT2D eigenvalue weighted by Crippen LogP contribution is 2.35. The number of halogens is 2. The number of thiazole rings is 1. The molecule has 0 bridgehead atoms. The lowest BCUT2D eigenvalue weighted by Gasteiger charge is -2.25. The molecule has 0 amide bonds. The molecule has 33 heavy (non-hydrogen) atoms. The lowest BCUT2D eigenvalue weighted by molar-refractivity contribution is -0.139. The van der Waals surface area contributed by atoms with E-state index in [2.05, 4.69) is 20.9 Å². The minimum atomic E-state index is -0.698. The summed E-state index contributed by atoms with van der Waals surface area (Å²) < 4.78 is 13.4. The van der Waals surface area contributed by atoms with Gasteiger partial charge in [0.25, 0.3) is 5.56 Å². The first-order valence-electron chi connectivity index (χ1n) is 10.1. The fourth-order valence-corrected chi connectivity index (χ4v) is 5.48. The van der Waals surface area contributed by atoms with Crippen LogP contribution in [0.3, 0.4) is 0 Å². The number of hydrogen-bond acceptors (Lipinski definition) is 6. The topological polar surface area (TPSA) is 69.9 Å². The SMILES string of the molecule is CCOC(=O)C1=C(C)N=c2s/c(=C\c3ccccc3Cl)c(=O)n2[C@H]1c1ccc(OC)c(Br)c1. The molecule has 4 rings (SSSR count). The Bertz CT molecular complexity index is 1460. The van der Waals surface area contributed by atoms with Crippen molar-refractivity contribution in [3.05, 3.63) is 94.0 Å². The molecule has 2 heterocycles. The second kappa shape index (κ2) is 9.67. The van der Waals surface area contributed by atoms with Crippen molar-refractivity contribution < 1.29 is 14.3 Å². The molecule has 0 saturated heterocycles. The summed E-state index contributed by atoms with van der Waals surface area (Å²) in [5, 5.41) is 0.544. The third-order valence-electron chi connectivity index (χ3n) is 5.20. The number of nitrogens with zero attached hydrogens (tertiary/aromatic N) is 2. The van der Waals surface area contributed by atoms with Gasteiger partial charge in [-0.3, -0.25) is 9.36 Å². The van der Waals surface area contributed by atoms with Crippen molar-refractivity contribution in [2.24, 2.45) is 4.99 Å². The molecule has 0 spiro atoms. The Morgan fingerprint density at radius 1 is 1.30 bits per heavy atom. The summed E-state index contributed by atoms with van der Waals surface area (Å²) in [6.07, 6.45) is 1.75. The summed E-state index contributed by atoms with van der Waals surface area (Å²) >= 11 is 11.1. The Balaban J connectivity index is 1.98. The van der Waals surface area contributed by atoms with Gasteiger partial charge in [0.15, 0.2) is 4.80 Å². The van der Waals surface area contributed by atoms with Crippen LogP contribution < -0.4 is 19.6 Å². The minimum Gasteiger partial charge on any atom is -0.496 e. The normalized spacial score (nSPS) is 15.8. The van der Waals surface area contributed by atoms with E-state index < -0.39 is 12.0 Å². The van der Waals surface area contributed by atoms with Crippen LogP contribution >= 0.6 is 38.9 Å². The summed E-state index contributed by atoms with van der Waals surface area (Å²) in [4.78, 5) is 31.6. The van der Waals surface area contributed by atoms with Crippen LogP contribution in [-0.2, 0) is 9.53 Å². The smallest absolute Gasteiger partial charge is 0.338 e. The maximum atomic E-state index is 13.6. The summed E-state index contributed by atoms with van der Waals surface area (Å²) in [6.45, 7) is 3.71. The van der Waals surface area contributed by atoms with E-state index in [0.29, 0.717) is 35.8 Å². The summed E-state index contributed by atoms with van der Waals surface area (Å²) in [5.74, 6) is 0.138. The Hall–Kier alpha value is -2.68. The molecule has 3 aromatic rings. The molecule has 0 N–H and O–H groups in total. The average Bonchev–Trinajstić information content (AvgIpc) is 3.09.